The zero-order valence-electron chi connectivity index (χ0n) is 10.9. The van der Waals surface area contributed by atoms with E-state index in [0.717, 1.165) is 24.2 Å². The molecule has 3 heteroatoms. The van der Waals surface area contributed by atoms with Crippen molar-refractivity contribution in [1.29, 1.82) is 0 Å². The third kappa shape index (κ3) is 6.12. The minimum atomic E-state index is -1.15. The molecule has 1 aromatic rings. The number of hydrogen-bond donors (Lipinski definition) is 1. The van der Waals surface area contributed by atoms with Gasteiger partial charge >= 0.3 is 0 Å². The van der Waals surface area contributed by atoms with Crippen molar-refractivity contribution < 1.29 is 9.32 Å². The lowest BCUT2D eigenvalue weighted by atomic mass is 10.1. The Bertz CT molecular complexity index is 373. The van der Waals surface area contributed by atoms with Crippen LogP contribution in [0.1, 0.15) is 39.0 Å². The topological polar surface area (TPSA) is 37.3 Å². The van der Waals surface area contributed by atoms with Gasteiger partial charge in [-0.05, 0) is 24.6 Å². The number of aliphatic hydroxyl groups is 1. The summed E-state index contributed by atoms with van der Waals surface area (Å²) in [4.78, 5) is 0.770. The number of hydrogen-bond acceptors (Lipinski definition) is 2. The van der Waals surface area contributed by atoms with Gasteiger partial charge in [-0.1, -0.05) is 50.8 Å². The molecule has 0 saturated heterocycles. The Morgan fingerprint density at radius 1 is 1.22 bits per heavy atom. The summed E-state index contributed by atoms with van der Waals surface area (Å²) in [5.41, 5.74) is 0. The molecule has 100 valence electrons. The summed E-state index contributed by atoms with van der Waals surface area (Å²) in [6.07, 6.45) is 6.52. The highest BCUT2D eigenvalue weighted by Gasteiger charge is 2.01. The Morgan fingerprint density at radius 2 is 1.94 bits per heavy atom. The Morgan fingerprint density at radius 3 is 2.61 bits per heavy atom. The number of benzene rings is 1. The Labute approximate surface area is 112 Å². The lowest BCUT2D eigenvalue weighted by Crippen LogP contribution is -2.02. The van der Waals surface area contributed by atoms with Gasteiger partial charge in [0, 0.05) is 10.3 Å². The summed E-state index contributed by atoms with van der Waals surface area (Å²) >= 11 is 0. The van der Waals surface area contributed by atoms with Crippen LogP contribution in [-0.2, 0) is 10.8 Å². The van der Waals surface area contributed by atoms with Crippen LogP contribution in [0.4, 0.5) is 0 Å². The van der Waals surface area contributed by atoms with Crippen LogP contribution in [0.2, 0.25) is 0 Å². The van der Waals surface area contributed by atoms with E-state index in [2.05, 4.69) is 6.92 Å². The average molecular weight is 266 g/mol. The van der Waals surface area contributed by atoms with E-state index in [1.165, 1.54) is 12.8 Å². The molecule has 0 aliphatic heterocycles. The monoisotopic (exact) mass is 266 g/mol. The molecule has 0 amide bonds. The first-order valence-electron chi connectivity index (χ1n) is 6.56. The van der Waals surface area contributed by atoms with Crippen LogP contribution in [-0.4, -0.2) is 15.4 Å². The van der Waals surface area contributed by atoms with Gasteiger partial charge in [-0.3, -0.25) is 0 Å². The predicted molar refractivity (Wildman–Crippen MR) is 76.8 cm³/mol. The highest BCUT2D eigenvalue weighted by molar-refractivity contribution is 7.88. The summed E-state index contributed by atoms with van der Waals surface area (Å²) in [6, 6.07) is 9.28. The molecule has 0 radical (unpaired) electrons. The average Bonchev–Trinajstić information content (AvgIpc) is 2.42. The summed E-state index contributed by atoms with van der Waals surface area (Å²) in [7, 11) is -1.15. The maximum Gasteiger partial charge on any atom is 0.0773 e. The maximum absolute atomic E-state index is 11.8. The smallest absolute Gasteiger partial charge is 0.0773 e. The van der Waals surface area contributed by atoms with Crippen molar-refractivity contribution in [2.45, 2.75) is 50.0 Å². The molecule has 0 aliphatic rings. The first-order chi connectivity index (χ1) is 8.74. The van der Waals surface area contributed by atoms with Gasteiger partial charge in [0.2, 0.25) is 0 Å². The minimum absolute atomic E-state index is 0.477. The van der Waals surface area contributed by atoms with Crippen LogP contribution in [0.5, 0.6) is 0 Å². The van der Waals surface area contributed by atoms with Crippen molar-refractivity contribution in [2.75, 3.05) is 0 Å². The first-order valence-corrected chi connectivity index (χ1v) is 7.77. The molecular weight excluding hydrogens is 244 g/mol. The molecule has 2 atom stereocenters. The lowest BCUT2D eigenvalue weighted by Gasteiger charge is -2.04. The SMILES string of the molecule is CCCCCCC(O)/C=C\S(=O)c1ccccc1. The molecule has 1 aromatic carbocycles. The number of rotatable bonds is 8. The minimum Gasteiger partial charge on any atom is -0.389 e. The van der Waals surface area contributed by atoms with Crippen molar-refractivity contribution in [3.63, 3.8) is 0 Å². The molecule has 18 heavy (non-hydrogen) atoms. The van der Waals surface area contributed by atoms with Crippen molar-refractivity contribution in [2.24, 2.45) is 0 Å². The van der Waals surface area contributed by atoms with E-state index in [4.69, 9.17) is 0 Å². The molecule has 2 unspecified atom stereocenters. The number of aliphatic hydroxyl groups excluding tert-OH is 1. The molecule has 0 spiro atoms. The second kappa shape index (κ2) is 9.06. The van der Waals surface area contributed by atoms with Gasteiger partial charge in [0.1, 0.15) is 0 Å². The van der Waals surface area contributed by atoms with Crippen LogP contribution >= 0.6 is 0 Å². The van der Waals surface area contributed by atoms with Gasteiger partial charge in [0.15, 0.2) is 0 Å². The van der Waals surface area contributed by atoms with E-state index in [-0.39, 0.29) is 0 Å². The zero-order chi connectivity index (χ0) is 13.2. The molecule has 0 aromatic heterocycles. The Hall–Kier alpha value is -0.930. The fourth-order valence-corrected chi connectivity index (χ4v) is 2.58. The second-order valence-electron chi connectivity index (χ2n) is 4.36. The first kappa shape index (κ1) is 15.1. The van der Waals surface area contributed by atoms with E-state index < -0.39 is 16.9 Å². The van der Waals surface area contributed by atoms with Crippen LogP contribution in [0.3, 0.4) is 0 Å². The van der Waals surface area contributed by atoms with Crippen LogP contribution < -0.4 is 0 Å². The fourth-order valence-electron chi connectivity index (χ4n) is 1.67. The Balaban J connectivity index is 2.33. The van der Waals surface area contributed by atoms with Crippen molar-refractivity contribution in [3.05, 3.63) is 41.8 Å². The number of unbranched alkanes of at least 4 members (excludes halogenated alkanes) is 3. The quantitative estimate of drug-likeness (QED) is 0.729. The van der Waals surface area contributed by atoms with Gasteiger partial charge in [-0.25, -0.2) is 4.21 Å². The van der Waals surface area contributed by atoms with Crippen molar-refractivity contribution in [3.8, 4) is 0 Å². The van der Waals surface area contributed by atoms with Gasteiger partial charge in [0.05, 0.1) is 16.9 Å². The van der Waals surface area contributed by atoms with Crippen molar-refractivity contribution >= 4 is 10.8 Å². The van der Waals surface area contributed by atoms with E-state index in [1.54, 1.807) is 11.5 Å². The molecule has 0 bridgehead atoms. The molecule has 2 nitrogen and oxygen atoms in total. The van der Waals surface area contributed by atoms with Crippen LogP contribution in [0.25, 0.3) is 0 Å². The zero-order valence-corrected chi connectivity index (χ0v) is 11.7. The summed E-state index contributed by atoms with van der Waals surface area (Å²) in [5.74, 6) is 0. The molecule has 1 rings (SSSR count). The molecule has 1 N–H and O–H groups in total. The van der Waals surface area contributed by atoms with Crippen LogP contribution in [0.15, 0.2) is 46.7 Å². The van der Waals surface area contributed by atoms with Crippen LogP contribution in [0, 0.1) is 0 Å². The largest absolute Gasteiger partial charge is 0.389 e. The van der Waals surface area contributed by atoms with Crippen molar-refractivity contribution in [1.82, 2.24) is 0 Å². The Kier molecular flexibility index (Phi) is 7.62. The third-order valence-electron chi connectivity index (χ3n) is 2.75. The molecular formula is C15H22O2S. The summed E-state index contributed by atoms with van der Waals surface area (Å²) < 4.78 is 11.8. The van der Waals surface area contributed by atoms with Gasteiger partial charge in [-0.2, -0.15) is 0 Å². The molecule has 0 fully saturated rings. The van der Waals surface area contributed by atoms with Gasteiger partial charge < -0.3 is 5.11 Å². The highest BCUT2D eigenvalue weighted by Crippen LogP contribution is 2.09. The lowest BCUT2D eigenvalue weighted by molar-refractivity contribution is 0.208. The van der Waals surface area contributed by atoms with E-state index in [9.17, 15) is 9.32 Å². The molecule has 0 aliphatic carbocycles. The maximum atomic E-state index is 11.8. The van der Waals surface area contributed by atoms with Gasteiger partial charge in [0.25, 0.3) is 0 Å². The fraction of sp³-hybridized carbons (Fsp3) is 0.467. The third-order valence-corrected chi connectivity index (χ3v) is 3.89. The second-order valence-corrected chi connectivity index (χ2v) is 5.69. The van der Waals surface area contributed by atoms with E-state index >= 15 is 0 Å². The normalized spacial score (nSPS) is 14.8. The van der Waals surface area contributed by atoms with E-state index in [0.29, 0.717) is 0 Å². The summed E-state index contributed by atoms with van der Waals surface area (Å²) in [5, 5.41) is 11.3. The molecule has 0 saturated carbocycles. The van der Waals surface area contributed by atoms with E-state index in [1.807, 2.05) is 30.3 Å². The van der Waals surface area contributed by atoms with Gasteiger partial charge in [-0.15, -0.1) is 0 Å². The summed E-state index contributed by atoms with van der Waals surface area (Å²) in [6.45, 7) is 2.17. The predicted octanol–water partition coefficient (Wildman–Crippen LogP) is 3.64. The highest BCUT2D eigenvalue weighted by atomic mass is 32.2. The molecule has 0 heterocycles. The standard InChI is InChI=1S/C15H22O2S/c1-2-3-4-6-9-14(16)12-13-18(17)15-10-7-5-8-11-15/h5,7-8,10-14,16H,2-4,6,9H2,1H3/b13-12-.